The van der Waals surface area contributed by atoms with Crippen molar-refractivity contribution >= 4 is 0 Å². The molecule has 6 aliphatic heterocycles. The van der Waals surface area contributed by atoms with Crippen molar-refractivity contribution in [1.82, 2.24) is 18.6 Å². The monoisotopic (exact) mass is 1030 g/mol. The van der Waals surface area contributed by atoms with Crippen LogP contribution in [0.1, 0.15) is 56.4 Å². The Kier molecular flexibility index (Phi) is 8.55. The van der Waals surface area contributed by atoms with E-state index >= 15 is 0 Å². The second-order valence-corrected chi connectivity index (χ2v) is 22.1. The molecule has 0 aliphatic carbocycles. The van der Waals surface area contributed by atoms with Crippen LogP contribution >= 0.6 is 0 Å². The summed E-state index contributed by atoms with van der Waals surface area (Å²) < 4.78 is 32.7. The van der Waals surface area contributed by atoms with Gasteiger partial charge in [-0.2, -0.15) is 4.57 Å². The van der Waals surface area contributed by atoms with Crippen molar-refractivity contribution < 1.29 is 28.1 Å². The van der Waals surface area contributed by atoms with E-state index in [1.165, 1.54) is 129 Å². The van der Waals surface area contributed by atoms with Crippen molar-refractivity contribution in [2.45, 2.75) is 52.9 Å². The lowest BCUT2D eigenvalue weighted by Gasteiger charge is -2.26. The number of aryl methyl sites for hydroxylation is 3. The molecule has 79 heavy (non-hydrogen) atoms. The number of fused-ring (bicyclic) bond motifs is 8. The van der Waals surface area contributed by atoms with Gasteiger partial charge < -0.3 is 9.47 Å². The molecule has 18 rings (SSSR count). The summed E-state index contributed by atoms with van der Waals surface area (Å²) in [5.74, 6) is 4.87. The van der Waals surface area contributed by atoms with E-state index in [-0.39, 0.29) is 0 Å². The number of ether oxygens (including phenoxy) is 2. The van der Waals surface area contributed by atoms with Gasteiger partial charge in [0.05, 0.1) is 40.8 Å². The second-order valence-electron chi connectivity index (χ2n) is 22.1. The van der Waals surface area contributed by atoms with Gasteiger partial charge in [0, 0.05) is 26.8 Å². The van der Waals surface area contributed by atoms with Crippen LogP contribution in [-0.2, 0) is 18.4 Å². The molecular weight excluding hydrogens is 973 g/mol. The van der Waals surface area contributed by atoms with Gasteiger partial charge in [-0.15, -0.1) is 14.0 Å². The summed E-state index contributed by atoms with van der Waals surface area (Å²) >= 11 is 0. The molecule has 6 aliphatic rings. The molecule has 2 unspecified atom stereocenters. The Morgan fingerprint density at radius 3 is 1.44 bits per heavy atom. The number of imidazole rings is 1. The first-order valence-electron chi connectivity index (χ1n) is 27.3. The topological polar surface area (TPSA) is 53.7 Å². The van der Waals surface area contributed by atoms with Crippen LogP contribution in [0.5, 0.6) is 23.0 Å². The number of benzene rings is 8. The zero-order chi connectivity index (χ0) is 53.0. The van der Waals surface area contributed by atoms with Gasteiger partial charge in [0.1, 0.15) is 63.6 Å². The van der Waals surface area contributed by atoms with Crippen LogP contribution in [0.4, 0.5) is 0 Å². The molecule has 0 saturated carbocycles. The summed E-state index contributed by atoms with van der Waals surface area (Å²) in [4.78, 5) is 0. The molecule has 12 aromatic rings. The molecule has 0 radical (unpaired) electrons. The summed E-state index contributed by atoms with van der Waals surface area (Å²) in [6.45, 7) is 13.5. The largest absolute Gasteiger partial charge is 0.469 e. The quantitative estimate of drug-likeness (QED) is 0.165. The van der Waals surface area contributed by atoms with Crippen LogP contribution in [0.25, 0.3) is 73.0 Å². The molecule has 2 atom stereocenters. The summed E-state index contributed by atoms with van der Waals surface area (Å²) in [6, 6.07) is 67.3. The van der Waals surface area contributed by atoms with Crippen LogP contribution in [0.3, 0.4) is 0 Å². The first-order chi connectivity index (χ1) is 38.6. The molecule has 0 fully saturated rings. The van der Waals surface area contributed by atoms with Crippen molar-refractivity contribution in [1.29, 1.82) is 0 Å². The lowest BCUT2D eigenvalue weighted by atomic mass is 9.86. The van der Waals surface area contributed by atoms with Gasteiger partial charge in [-0.3, -0.25) is 0 Å². The number of rotatable bonds is 4. The van der Waals surface area contributed by atoms with Gasteiger partial charge in [-0.1, -0.05) is 126 Å². The third-order valence-corrected chi connectivity index (χ3v) is 18.0. The molecule has 2 spiro atoms. The highest BCUT2D eigenvalue weighted by molar-refractivity contribution is 5.81. The average molecular weight is 1030 g/mol. The summed E-state index contributed by atoms with van der Waals surface area (Å²) in [7, 11) is 2.13. The zero-order valence-electron chi connectivity index (χ0n) is 44.9. The minimum atomic E-state index is -0.585. The minimum Gasteiger partial charge on any atom is -0.456 e. The van der Waals surface area contributed by atoms with Crippen LogP contribution < -0.4 is 28.1 Å². The van der Waals surface area contributed by atoms with E-state index in [0.717, 1.165) is 23.0 Å². The van der Waals surface area contributed by atoms with Crippen LogP contribution in [0, 0.1) is 41.5 Å². The van der Waals surface area contributed by atoms with Crippen molar-refractivity contribution in [3.8, 4) is 96.0 Å². The minimum absolute atomic E-state index is 0.559. The molecule has 10 heteroatoms. The fraction of sp³-hybridized carbons (Fsp3) is 0.130. The smallest absolute Gasteiger partial charge is 0.456 e. The highest BCUT2D eigenvalue weighted by Gasteiger charge is 2.75. The second kappa shape index (κ2) is 15.2. The number of hydrogen-bond donors (Lipinski definition) is 0. The normalized spacial score (nSPS) is 16.8. The standard InChI is InChI=1S/C35H28N4O.C34H26N4O/c1-21-19-22(2)38-35-33-28(36(21)38)15-9-17-30(33)40-31-18-10-16-29(34(31)35)37-23(3)32(24(4)39(35)37)27-14-8-13-26(20-27)25-11-6-5-7-12-25;1-21-30(25-13-7-12-24(20-25)23-10-5-4-6-11-23)22(2)38-34-31-26(33-35(3)18-19-36(33)34)14-8-16-28(31)39-29-17-9-15-27(32(29)34)37(21)38/h5-20H,1-4H3;4-20H,1-3H3/q2*+2. The Morgan fingerprint density at radius 1 is 0.405 bits per heavy atom. The Hall–Kier alpha value is -9.80. The molecule has 8 aromatic carbocycles. The first kappa shape index (κ1) is 44.3. The first-order valence-corrected chi connectivity index (χ1v) is 27.3. The zero-order valence-corrected chi connectivity index (χ0v) is 44.9. The van der Waals surface area contributed by atoms with Gasteiger partial charge >= 0.3 is 11.3 Å². The molecule has 0 N–H and O–H groups in total. The number of hydrogen-bond acceptors (Lipinski definition) is 2. The Morgan fingerprint density at radius 2 is 0.861 bits per heavy atom. The Balaban J connectivity index is 0.000000127. The molecule has 0 amide bonds. The third kappa shape index (κ3) is 5.22. The number of nitrogens with zero attached hydrogens (tertiary/aromatic N) is 8. The maximum Gasteiger partial charge on any atom is 0.469 e. The molecule has 10 nitrogen and oxygen atoms in total. The number of aromatic nitrogens is 8. The van der Waals surface area contributed by atoms with E-state index < -0.39 is 11.3 Å². The SMILES string of the molecule is Cc1c(-c2cccc(-c3ccccc3)c2)c(C)[n+]2n1-c1cccc3c1C21c2c(cccc2-c2n1cc[n+]2C)O3.Cc1cc(C)[n+]2n1-c1cccc3c1C21c2c(cccc2-n2c(C)c(-c4cccc(-c5ccccc5)c4)c(C)[n+]21)O3. The molecule has 4 aromatic heterocycles. The molecule has 378 valence electrons. The van der Waals surface area contributed by atoms with Gasteiger partial charge in [-0.05, 0) is 124 Å². The van der Waals surface area contributed by atoms with Crippen molar-refractivity contribution in [2.24, 2.45) is 7.05 Å². The van der Waals surface area contributed by atoms with Crippen molar-refractivity contribution in [2.75, 3.05) is 0 Å². The van der Waals surface area contributed by atoms with Crippen LogP contribution in [0.2, 0.25) is 0 Å². The molecule has 10 heterocycles. The Labute approximate surface area is 457 Å². The fourth-order valence-corrected chi connectivity index (χ4v) is 15.3. The van der Waals surface area contributed by atoms with Gasteiger partial charge in [0.15, 0.2) is 11.1 Å². The van der Waals surface area contributed by atoms with E-state index in [4.69, 9.17) is 9.47 Å². The van der Waals surface area contributed by atoms with Gasteiger partial charge in [0.2, 0.25) is 17.1 Å². The van der Waals surface area contributed by atoms with E-state index in [2.05, 4.69) is 286 Å². The van der Waals surface area contributed by atoms with E-state index in [0.29, 0.717) is 0 Å². The fourth-order valence-electron chi connectivity index (χ4n) is 15.3. The predicted molar refractivity (Wildman–Crippen MR) is 302 cm³/mol. The van der Waals surface area contributed by atoms with E-state index in [9.17, 15) is 0 Å². The third-order valence-electron chi connectivity index (χ3n) is 18.0. The molecule has 0 bridgehead atoms. The van der Waals surface area contributed by atoms with Gasteiger partial charge in [-0.25, -0.2) is 4.57 Å². The van der Waals surface area contributed by atoms with Crippen molar-refractivity contribution in [3.05, 3.63) is 257 Å². The maximum atomic E-state index is 6.64. The van der Waals surface area contributed by atoms with E-state index in [1.54, 1.807) is 0 Å². The maximum absolute atomic E-state index is 6.64. The van der Waals surface area contributed by atoms with Gasteiger partial charge in [0.25, 0.3) is 5.82 Å². The van der Waals surface area contributed by atoms with Crippen LogP contribution in [-0.4, -0.2) is 18.6 Å². The lowest BCUT2D eigenvalue weighted by molar-refractivity contribution is -1.02. The van der Waals surface area contributed by atoms with E-state index in [1.807, 2.05) is 0 Å². The highest BCUT2D eigenvalue weighted by Crippen LogP contribution is 2.60. The van der Waals surface area contributed by atoms with Crippen molar-refractivity contribution in [3.63, 3.8) is 0 Å². The molecular formula is C69H54N8O2+4. The predicted octanol–water partition coefficient (Wildman–Crippen LogP) is 12.5. The molecule has 0 saturated heterocycles. The Bertz CT molecular complexity index is 4710. The summed E-state index contributed by atoms with van der Waals surface area (Å²) in [5.41, 5.74) is 25.6. The average Bonchev–Trinajstić information content (AvgIpc) is 1.93. The summed E-state index contributed by atoms with van der Waals surface area (Å²) in [6.07, 6.45) is 4.39. The lowest BCUT2D eigenvalue weighted by Crippen LogP contribution is -2.76. The highest BCUT2D eigenvalue weighted by atomic mass is 16.5. The summed E-state index contributed by atoms with van der Waals surface area (Å²) in [5, 5.41) is 0. The van der Waals surface area contributed by atoms with Crippen LogP contribution in [0.15, 0.2) is 200 Å².